The maximum atomic E-state index is 12.0. The SMILES string of the molecule is COC(=O)C(C)(C)c1ccc(NC(=O)CC2COCCN2)cc1.Cl. The Balaban J connectivity index is 0.00000288. The zero-order valence-electron chi connectivity index (χ0n) is 14.3. The highest BCUT2D eigenvalue weighted by Gasteiger charge is 2.30. The van der Waals surface area contributed by atoms with E-state index in [0.29, 0.717) is 25.3 Å². The molecule has 2 N–H and O–H groups in total. The molecule has 0 saturated carbocycles. The lowest BCUT2D eigenvalue weighted by Crippen LogP contribution is -2.43. The first-order valence-corrected chi connectivity index (χ1v) is 7.73. The standard InChI is InChI=1S/C17H24N2O4.ClH/c1-17(2,16(21)22-3)12-4-6-13(7-5-12)19-15(20)10-14-11-23-9-8-18-14;/h4-7,14,18H,8-11H2,1-3H3,(H,19,20);1H. The van der Waals surface area contributed by atoms with Gasteiger partial charge in [0.1, 0.15) is 0 Å². The van der Waals surface area contributed by atoms with E-state index in [1.54, 1.807) is 26.0 Å². The molecule has 24 heavy (non-hydrogen) atoms. The summed E-state index contributed by atoms with van der Waals surface area (Å²) in [6.45, 7) is 5.63. The number of benzene rings is 1. The molecule has 134 valence electrons. The lowest BCUT2D eigenvalue weighted by molar-refractivity contribution is -0.146. The highest BCUT2D eigenvalue weighted by molar-refractivity contribution is 5.91. The van der Waals surface area contributed by atoms with E-state index in [-0.39, 0.29) is 30.3 Å². The molecule has 1 atom stereocenters. The van der Waals surface area contributed by atoms with E-state index in [1.165, 1.54) is 7.11 Å². The van der Waals surface area contributed by atoms with Crippen molar-refractivity contribution in [1.82, 2.24) is 5.32 Å². The van der Waals surface area contributed by atoms with Crippen molar-refractivity contribution in [2.24, 2.45) is 0 Å². The number of ether oxygens (including phenoxy) is 2. The smallest absolute Gasteiger partial charge is 0.315 e. The number of nitrogens with one attached hydrogen (secondary N) is 2. The Hall–Kier alpha value is -1.63. The van der Waals surface area contributed by atoms with Gasteiger partial charge in [-0.25, -0.2) is 0 Å². The van der Waals surface area contributed by atoms with E-state index in [1.807, 2.05) is 12.1 Å². The van der Waals surface area contributed by atoms with Crippen LogP contribution in [-0.4, -0.2) is 44.8 Å². The van der Waals surface area contributed by atoms with Gasteiger partial charge in [-0.2, -0.15) is 0 Å². The van der Waals surface area contributed by atoms with Gasteiger partial charge in [0, 0.05) is 24.7 Å². The molecule has 0 aliphatic carbocycles. The molecule has 1 heterocycles. The van der Waals surface area contributed by atoms with Crippen molar-refractivity contribution in [2.75, 3.05) is 32.2 Å². The van der Waals surface area contributed by atoms with Crippen LogP contribution in [0.3, 0.4) is 0 Å². The molecule has 1 aliphatic heterocycles. The summed E-state index contributed by atoms with van der Waals surface area (Å²) in [6.07, 6.45) is 0.370. The van der Waals surface area contributed by atoms with Crippen LogP contribution < -0.4 is 10.6 Å². The molecule has 1 saturated heterocycles. The number of hydrogen-bond acceptors (Lipinski definition) is 5. The summed E-state index contributed by atoms with van der Waals surface area (Å²) in [5.41, 5.74) is 0.821. The number of halogens is 1. The average Bonchev–Trinajstić information content (AvgIpc) is 2.55. The first-order chi connectivity index (χ1) is 10.9. The van der Waals surface area contributed by atoms with Gasteiger partial charge in [-0.05, 0) is 31.5 Å². The Labute approximate surface area is 148 Å². The van der Waals surface area contributed by atoms with Crippen LogP contribution in [0.4, 0.5) is 5.69 Å². The third-order valence-electron chi connectivity index (χ3n) is 4.02. The van der Waals surface area contributed by atoms with Gasteiger partial charge in [0.15, 0.2) is 0 Å². The predicted octanol–water partition coefficient (Wildman–Crippen LogP) is 1.88. The number of esters is 1. The molecule has 0 bridgehead atoms. The topological polar surface area (TPSA) is 76.7 Å². The van der Waals surface area contributed by atoms with Crippen molar-refractivity contribution in [3.8, 4) is 0 Å². The fourth-order valence-corrected chi connectivity index (χ4v) is 2.53. The lowest BCUT2D eigenvalue weighted by atomic mass is 9.85. The van der Waals surface area contributed by atoms with Crippen LogP contribution in [0.1, 0.15) is 25.8 Å². The van der Waals surface area contributed by atoms with Gasteiger partial charge >= 0.3 is 5.97 Å². The van der Waals surface area contributed by atoms with Gasteiger partial charge in [-0.3, -0.25) is 9.59 Å². The summed E-state index contributed by atoms with van der Waals surface area (Å²) in [4.78, 5) is 23.8. The third-order valence-corrected chi connectivity index (χ3v) is 4.02. The number of anilines is 1. The fourth-order valence-electron chi connectivity index (χ4n) is 2.53. The number of carbonyl (C=O) groups excluding carboxylic acids is 2. The Bertz CT molecular complexity index is 554. The van der Waals surface area contributed by atoms with Crippen LogP contribution in [0.2, 0.25) is 0 Å². The molecule has 1 aliphatic rings. The van der Waals surface area contributed by atoms with Crippen molar-refractivity contribution in [3.63, 3.8) is 0 Å². The van der Waals surface area contributed by atoms with Crippen LogP contribution in [0.5, 0.6) is 0 Å². The van der Waals surface area contributed by atoms with E-state index in [2.05, 4.69) is 10.6 Å². The highest BCUT2D eigenvalue weighted by atomic mass is 35.5. The van der Waals surface area contributed by atoms with Gasteiger partial charge in [-0.1, -0.05) is 12.1 Å². The molecule has 1 fully saturated rings. The Morgan fingerprint density at radius 2 is 2.00 bits per heavy atom. The maximum Gasteiger partial charge on any atom is 0.315 e. The summed E-state index contributed by atoms with van der Waals surface area (Å²) in [5, 5.41) is 6.11. The normalized spacial score (nSPS) is 17.5. The summed E-state index contributed by atoms with van der Waals surface area (Å²) in [7, 11) is 1.38. The van der Waals surface area contributed by atoms with Crippen LogP contribution in [0.25, 0.3) is 0 Å². The van der Waals surface area contributed by atoms with E-state index in [0.717, 1.165) is 12.1 Å². The second-order valence-corrected chi connectivity index (χ2v) is 6.17. The minimum atomic E-state index is -0.722. The molecule has 7 heteroatoms. The van der Waals surface area contributed by atoms with Gasteiger partial charge < -0.3 is 20.1 Å². The second-order valence-electron chi connectivity index (χ2n) is 6.17. The molecule has 1 amide bonds. The zero-order valence-corrected chi connectivity index (χ0v) is 15.1. The van der Waals surface area contributed by atoms with E-state index in [4.69, 9.17) is 9.47 Å². The monoisotopic (exact) mass is 356 g/mol. The van der Waals surface area contributed by atoms with E-state index in [9.17, 15) is 9.59 Å². The van der Waals surface area contributed by atoms with Gasteiger partial charge in [0.2, 0.25) is 5.91 Å². The molecule has 1 aromatic rings. The van der Waals surface area contributed by atoms with Gasteiger partial charge in [-0.15, -0.1) is 12.4 Å². The van der Waals surface area contributed by atoms with Crippen LogP contribution in [-0.2, 0) is 24.5 Å². The number of methoxy groups -OCH3 is 1. The van der Waals surface area contributed by atoms with Crippen molar-refractivity contribution in [1.29, 1.82) is 0 Å². The first-order valence-electron chi connectivity index (χ1n) is 7.73. The van der Waals surface area contributed by atoms with Crippen LogP contribution in [0.15, 0.2) is 24.3 Å². The van der Waals surface area contributed by atoms with Crippen LogP contribution in [0, 0.1) is 0 Å². The first kappa shape index (κ1) is 20.4. The molecular weight excluding hydrogens is 332 g/mol. The number of hydrogen-bond donors (Lipinski definition) is 2. The van der Waals surface area contributed by atoms with Gasteiger partial charge in [0.05, 0.1) is 25.7 Å². The quantitative estimate of drug-likeness (QED) is 0.788. The van der Waals surface area contributed by atoms with E-state index >= 15 is 0 Å². The fraction of sp³-hybridized carbons (Fsp3) is 0.529. The summed E-state index contributed by atoms with van der Waals surface area (Å²) in [6, 6.07) is 7.30. The Morgan fingerprint density at radius 1 is 1.33 bits per heavy atom. The van der Waals surface area contributed by atoms with Crippen molar-refractivity contribution in [2.45, 2.75) is 31.7 Å². The molecule has 1 unspecified atom stereocenters. The van der Waals surface area contributed by atoms with Gasteiger partial charge in [0.25, 0.3) is 0 Å². The number of morpholine rings is 1. The molecule has 2 rings (SSSR count). The molecular formula is C17H25ClN2O4. The molecule has 0 aromatic heterocycles. The number of rotatable bonds is 5. The summed E-state index contributed by atoms with van der Waals surface area (Å²) < 4.78 is 10.2. The van der Waals surface area contributed by atoms with E-state index < -0.39 is 5.41 Å². The minimum Gasteiger partial charge on any atom is -0.468 e. The molecule has 0 spiro atoms. The van der Waals surface area contributed by atoms with Crippen molar-refractivity contribution >= 4 is 30.0 Å². The summed E-state index contributed by atoms with van der Waals surface area (Å²) in [5.74, 6) is -0.356. The summed E-state index contributed by atoms with van der Waals surface area (Å²) >= 11 is 0. The van der Waals surface area contributed by atoms with Crippen LogP contribution >= 0.6 is 12.4 Å². The average molecular weight is 357 g/mol. The Kier molecular flexibility index (Phi) is 7.66. The highest BCUT2D eigenvalue weighted by Crippen LogP contribution is 2.26. The Morgan fingerprint density at radius 3 is 2.54 bits per heavy atom. The second kappa shape index (κ2) is 9.01. The third kappa shape index (κ3) is 5.19. The predicted molar refractivity (Wildman–Crippen MR) is 94.6 cm³/mol. The molecule has 6 nitrogen and oxygen atoms in total. The minimum absolute atomic E-state index is 0. The number of amides is 1. The van der Waals surface area contributed by atoms with Crippen molar-refractivity contribution < 1.29 is 19.1 Å². The number of carbonyl (C=O) groups is 2. The van der Waals surface area contributed by atoms with Crippen molar-refractivity contribution in [3.05, 3.63) is 29.8 Å². The zero-order chi connectivity index (χ0) is 16.9. The molecule has 1 aromatic carbocycles. The maximum absolute atomic E-state index is 12.0. The molecule has 0 radical (unpaired) electrons. The largest absolute Gasteiger partial charge is 0.468 e. The lowest BCUT2D eigenvalue weighted by Gasteiger charge is -2.23.